The van der Waals surface area contributed by atoms with Crippen LogP contribution in [-0.2, 0) is 4.74 Å². The minimum atomic E-state index is -0.498. The van der Waals surface area contributed by atoms with E-state index in [-0.39, 0.29) is 6.09 Å². The third kappa shape index (κ3) is 6.42. The van der Waals surface area contributed by atoms with Gasteiger partial charge in [-0.05, 0) is 63.2 Å². The number of hydrogen-bond acceptors (Lipinski definition) is 5. The topological polar surface area (TPSA) is 99.9 Å². The van der Waals surface area contributed by atoms with Crippen LogP contribution in [0.2, 0.25) is 5.02 Å². The number of piperazine rings is 1. The van der Waals surface area contributed by atoms with Gasteiger partial charge in [-0.1, -0.05) is 11.6 Å². The third-order valence-electron chi connectivity index (χ3n) is 4.69. The normalized spacial score (nSPS) is 14.2. The van der Waals surface area contributed by atoms with E-state index in [0.29, 0.717) is 48.3 Å². The molecule has 2 aromatic carbocycles. The zero-order valence-electron chi connectivity index (χ0n) is 17.9. The van der Waals surface area contributed by atoms with Crippen molar-refractivity contribution in [3.63, 3.8) is 0 Å². The van der Waals surface area contributed by atoms with Gasteiger partial charge in [-0.3, -0.25) is 0 Å². The van der Waals surface area contributed by atoms with Crippen molar-refractivity contribution >= 4 is 46.5 Å². The zero-order chi connectivity index (χ0) is 22.6. The number of halogens is 1. The number of nitrogens with two attached hydrogens (primary N) is 1. The smallest absolute Gasteiger partial charge is 0.410 e. The van der Waals surface area contributed by atoms with Gasteiger partial charge >= 0.3 is 12.1 Å². The number of anilines is 4. The second-order valence-corrected chi connectivity index (χ2v) is 8.75. The first kappa shape index (κ1) is 22.6. The average molecular weight is 446 g/mol. The molecule has 0 aromatic heterocycles. The Morgan fingerprint density at radius 2 is 1.65 bits per heavy atom. The molecule has 0 saturated carbocycles. The highest BCUT2D eigenvalue weighted by atomic mass is 35.5. The highest BCUT2D eigenvalue weighted by Crippen LogP contribution is 2.24. The summed E-state index contributed by atoms with van der Waals surface area (Å²) in [6.45, 7) is 8.20. The molecular weight excluding hydrogens is 418 g/mol. The lowest BCUT2D eigenvalue weighted by Crippen LogP contribution is -2.50. The van der Waals surface area contributed by atoms with Crippen LogP contribution in [0.15, 0.2) is 42.5 Å². The minimum absolute atomic E-state index is 0.280. The van der Waals surface area contributed by atoms with Crippen molar-refractivity contribution in [3.05, 3.63) is 47.5 Å². The van der Waals surface area contributed by atoms with E-state index in [9.17, 15) is 9.59 Å². The Morgan fingerprint density at radius 1 is 1.00 bits per heavy atom. The fourth-order valence-electron chi connectivity index (χ4n) is 3.15. The molecule has 1 aliphatic heterocycles. The molecule has 3 amide bonds. The van der Waals surface area contributed by atoms with E-state index >= 15 is 0 Å². The summed E-state index contributed by atoms with van der Waals surface area (Å²) in [7, 11) is 0. The predicted molar refractivity (Wildman–Crippen MR) is 125 cm³/mol. The monoisotopic (exact) mass is 445 g/mol. The lowest BCUT2D eigenvalue weighted by atomic mass is 10.2. The average Bonchev–Trinajstić information content (AvgIpc) is 2.70. The summed E-state index contributed by atoms with van der Waals surface area (Å²) in [5.41, 5.74) is 7.90. The molecule has 1 heterocycles. The Kier molecular flexibility index (Phi) is 6.80. The second kappa shape index (κ2) is 9.34. The van der Waals surface area contributed by atoms with Crippen LogP contribution >= 0.6 is 11.6 Å². The molecule has 0 atom stereocenters. The van der Waals surface area contributed by atoms with Gasteiger partial charge in [-0.15, -0.1) is 0 Å². The first-order valence-corrected chi connectivity index (χ1v) is 10.4. The summed E-state index contributed by atoms with van der Waals surface area (Å²) in [5, 5.41) is 5.95. The first-order valence-electron chi connectivity index (χ1n) is 10.1. The SMILES string of the molecule is CC(C)(C)OC(=O)N1CCN(c2ccc(NC(=O)Nc3cc(Cl)ccc3N)cc2)CC1. The molecule has 1 aliphatic rings. The van der Waals surface area contributed by atoms with Gasteiger partial charge in [-0.25, -0.2) is 9.59 Å². The molecule has 3 rings (SSSR count). The van der Waals surface area contributed by atoms with Crippen molar-refractivity contribution in [2.24, 2.45) is 0 Å². The van der Waals surface area contributed by atoms with Crippen LogP contribution in [-0.4, -0.2) is 48.8 Å². The van der Waals surface area contributed by atoms with Crippen molar-refractivity contribution in [1.82, 2.24) is 4.90 Å². The Morgan fingerprint density at radius 3 is 2.26 bits per heavy atom. The lowest BCUT2D eigenvalue weighted by Gasteiger charge is -2.36. The Labute approximate surface area is 187 Å². The third-order valence-corrected chi connectivity index (χ3v) is 4.92. The summed E-state index contributed by atoms with van der Waals surface area (Å²) in [4.78, 5) is 28.4. The Balaban J connectivity index is 1.52. The van der Waals surface area contributed by atoms with E-state index in [1.54, 1.807) is 23.1 Å². The van der Waals surface area contributed by atoms with Crippen molar-refractivity contribution < 1.29 is 14.3 Å². The maximum atomic E-state index is 12.3. The molecule has 0 unspecified atom stereocenters. The number of carbonyl (C=O) groups excluding carboxylic acids is 2. The number of hydrogen-bond donors (Lipinski definition) is 3. The largest absolute Gasteiger partial charge is 0.444 e. The molecule has 2 aromatic rings. The minimum Gasteiger partial charge on any atom is -0.444 e. The van der Waals surface area contributed by atoms with Gasteiger partial charge in [0.1, 0.15) is 5.60 Å². The molecule has 0 spiro atoms. The van der Waals surface area contributed by atoms with E-state index in [2.05, 4.69) is 15.5 Å². The maximum Gasteiger partial charge on any atom is 0.410 e. The van der Waals surface area contributed by atoms with Gasteiger partial charge in [0.05, 0.1) is 11.4 Å². The molecule has 0 aliphatic carbocycles. The number of nitrogens with zero attached hydrogens (tertiary/aromatic N) is 2. The number of urea groups is 1. The van der Waals surface area contributed by atoms with Crippen LogP contribution in [0.1, 0.15) is 20.8 Å². The van der Waals surface area contributed by atoms with Crippen LogP contribution in [0.4, 0.5) is 32.3 Å². The van der Waals surface area contributed by atoms with E-state index in [1.165, 1.54) is 0 Å². The van der Waals surface area contributed by atoms with E-state index < -0.39 is 11.6 Å². The summed E-state index contributed by atoms with van der Waals surface area (Å²) in [6, 6.07) is 12.0. The van der Waals surface area contributed by atoms with Crippen molar-refractivity contribution in [1.29, 1.82) is 0 Å². The van der Waals surface area contributed by atoms with E-state index in [1.807, 2.05) is 45.0 Å². The van der Waals surface area contributed by atoms with Crippen LogP contribution in [0.3, 0.4) is 0 Å². The van der Waals surface area contributed by atoms with Crippen LogP contribution in [0.25, 0.3) is 0 Å². The second-order valence-electron chi connectivity index (χ2n) is 8.31. The van der Waals surface area contributed by atoms with E-state index in [0.717, 1.165) is 5.69 Å². The lowest BCUT2D eigenvalue weighted by molar-refractivity contribution is 0.0240. The fraction of sp³-hybridized carbons (Fsp3) is 0.364. The Bertz CT molecular complexity index is 935. The molecular formula is C22H28ClN5O3. The van der Waals surface area contributed by atoms with Crippen LogP contribution < -0.4 is 21.3 Å². The molecule has 9 heteroatoms. The van der Waals surface area contributed by atoms with Gasteiger partial charge in [0, 0.05) is 42.6 Å². The standard InChI is InChI=1S/C22H28ClN5O3/c1-22(2,3)31-21(30)28-12-10-27(11-13-28)17-7-5-16(6-8-17)25-20(29)26-19-14-15(23)4-9-18(19)24/h4-9,14H,10-13,24H2,1-3H3,(H2,25,26,29). The van der Waals surface area contributed by atoms with Crippen LogP contribution in [0, 0.1) is 0 Å². The van der Waals surface area contributed by atoms with Crippen molar-refractivity contribution in [2.75, 3.05) is 47.4 Å². The van der Waals surface area contributed by atoms with Gasteiger partial charge < -0.3 is 30.9 Å². The number of carbonyl (C=O) groups is 2. The van der Waals surface area contributed by atoms with Crippen molar-refractivity contribution in [3.8, 4) is 0 Å². The molecule has 0 bridgehead atoms. The first-order chi connectivity index (χ1) is 14.6. The highest BCUT2D eigenvalue weighted by Gasteiger charge is 2.25. The highest BCUT2D eigenvalue weighted by molar-refractivity contribution is 6.31. The number of nitrogens with one attached hydrogen (secondary N) is 2. The van der Waals surface area contributed by atoms with Crippen LogP contribution in [0.5, 0.6) is 0 Å². The molecule has 0 radical (unpaired) electrons. The van der Waals surface area contributed by atoms with Gasteiger partial charge in [0.15, 0.2) is 0 Å². The quantitative estimate of drug-likeness (QED) is 0.598. The number of amides is 3. The summed E-state index contributed by atoms with van der Waals surface area (Å²) >= 11 is 5.95. The zero-order valence-corrected chi connectivity index (χ0v) is 18.7. The Hall–Kier alpha value is -3.13. The van der Waals surface area contributed by atoms with Gasteiger partial charge in [0.2, 0.25) is 0 Å². The number of rotatable bonds is 3. The van der Waals surface area contributed by atoms with Gasteiger partial charge in [0.25, 0.3) is 0 Å². The molecule has 4 N–H and O–H groups in total. The summed E-state index contributed by atoms with van der Waals surface area (Å²) in [6.07, 6.45) is -0.280. The molecule has 166 valence electrons. The van der Waals surface area contributed by atoms with Gasteiger partial charge in [-0.2, -0.15) is 0 Å². The summed E-state index contributed by atoms with van der Waals surface area (Å²) in [5.74, 6) is 0. The predicted octanol–water partition coefficient (Wildman–Crippen LogP) is 4.62. The number of benzene rings is 2. The maximum absolute atomic E-state index is 12.3. The molecule has 31 heavy (non-hydrogen) atoms. The molecule has 1 saturated heterocycles. The fourth-order valence-corrected chi connectivity index (χ4v) is 3.32. The summed E-state index contributed by atoms with van der Waals surface area (Å²) < 4.78 is 5.43. The molecule has 1 fully saturated rings. The number of ether oxygens (including phenoxy) is 1. The van der Waals surface area contributed by atoms with Crippen molar-refractivity contribution in [2.45, 2.75) is 26.4 Å². The molecule has 8 nitrogen and oxygen atoms in total. The number of nitrogen functional groups attached to an aromatic ring is 1. The van der Waals surface area contributed by atoms with E-state index in [4.69, 9.17) is 22.1 Å².